The lowest BCUT2D eigenvalue weighted by molar-refractivity contribution is -0.870. The SMILES string of the molecule is CC/C=C\C/C=C\C/C=C\C/C=C\C/C=C\C/C=C\C/C=C\C/C=C\C/C=C\C/C=C\C/C=C\CCCCCCCCCC(=O)NC(COP(=O)(O)OCC[N+](C)(C)C)C(O)/C=C/CCCCCCCCCCCCCCCCC. The number of amides is 1. The standard InChI is InChI=1S/C71H121N2O6P/c1-6-8-10-12-14-16-18-20-22-24-25-26-27-28-29-30-31-32-33-34-35-36-37-38-39-40-41-42-43-44-45-46-47-49-51-53-55-57-59-61-63-65-71(75)72-69(68-79-80(76,77)78-67-66-73(3,4)5)70(74)64-62-60-58-56-54-52-50-48-23-21-19-17-15-13-11-9-7-2/h8,10,14,16,20,22,25-26,28-29,31-32,34-35,37-38,40-41,43-44,46-47,62,64,69-70,74H,6-7,9,11-13,15,17-19,21,23-24,27,30,33,36,39,42,45,48-61,63,65-68H2,1-5H3,(H-,72,75,76,77)/p+1/b10-8-,16-14-,22-20-,26-25-,29-28-,32-31-,35-34-,38-37-,41-40-,44-43-,47-46-,64-62+. The molecule has 3 atom stereocenters. The first-order valence-corrected chi connectivity index (χ1v) is 33.7. The van der Waals surface area contributed by atoms with Gasteiger partial charge in [-0.2, -0.15) is 0 Å². The Hall–Kier alpha value is -3.62. The first kappa shape index (κ1) is 76.4. The van der Waals surface area contributed by atoms with Crippen LogP contribution in [0.25, 0.3) is 0 Å². The van der Waals surface area contributed by atoms with E-state index in [0.717, 1.165) is 122 Å². The molecule has 0 aliphatic rings. The van der Waals surface area contributed by atoms with Gasteiger partial charge in [0, 0.05) is 6.42 Å². The van der Waals surface area contributed by atoms with Crippen LogP contribution in [0.2, 0.25) is 0 Å². The zero-order valence-electron chi connectivity index (χ0n) is 52.0. The molecule has 0 spiro atoms. The molecule has 0 saturated carbocycles. The van der Waals surface area contributed by atoms with E-state index >= 15 is 0 Å². The van der Waals surface area contributed by atoms with Crippen molar-refractivity contribution in [1.29, 1.82) is 0 Å². The Morgan fingerprint density at radius 2 is 0.750 bits per heavy atom. The summed E-state index contributed by atoms with van der Waals surface area (Å²) in [6.45, 7) is 4.69. The number of carbonyl (C=O) groups excluding carboxylic acids is 1. The van der Waals surface area contributed by atoms with E-state index in [1.165, 1.54) is 103 Å². The van der Waals surface area contributed by atoms with Crippen LogP contribution in [0.5, 0.6) is 0 Å². The molecule has 456 valence electrons. The molecule has 0 fully saturated rings. The van der Waals surface area contributed by atoms with Gasteiger partial charge in [-0.3, -0.25) is 13.8 Å². The number of phosphoric acid groups is 1. The highest BCUT2D eigenvalue weighted by Crippen LogP contribution is 2.43. The number of hydrogen-bond acceptors (Lipinski definition) is 5. The fourth-order valence-electron chi connectivity index (χ4n) is 8.58. The molecule has 8 nitrogen and oxygen atoms in total. The lowest BCUT2D eigenvalue weighted by Crippen LogP contribution is -2.45. The van der Waals surface area contributed by atoms with Crippen LogP contribution in [0, 0.1) is 0 Å². The van der Waals surface area contributed by atoms with Crippen molar-refractivity contribution in [1.82, 2.24) is 5.32 Å². The monoisotopic (exact) mass is 1130 g/mol. The molecule has 0 rings (SSSR count). The Kier molecular flexibility index (Phi) is 57.3. The third-order valence-corrected chi connectivity index (χ3v) is 14.5. The van der Waals surface area contributed by atoms with Gasteiger partial charge in [-0.15, -0.1) is 0 Å². The Morgan fingerprint density at radius 1 is 0.438 bits per heavy atom. The molecule has 0 aromatic carbocycles. The number of phosphoric ester groups is 1. The van der Waals surface area contributed by atoms with Gasteiger partial charge >= 0.3 is 7.82 Å². The third kappa shape index (κ3) is 62.0. The van der Waals surface area contributed by atoms with Crippen molar-refractivity contribution in [3.8, 4) is 0 Å². The average Bonchev–Trinajstić information content (AvgIpc) is 3.42. The van der Waals surface area contributed by atoms with Gasteiger partial charge in [-0.1, -0.05) is 282 Å². The summed E-state index contributed by atoms with van der Waals surface area (Å²) in [5.74, 6) is -0.193. The number of quaternary nitrogens is 1. The number of allylic oxidation sites excluding steroid dienone is 23. The largest absolute Gasteiger partial charge is 0.472 e. The molecule has 0 aliphatic heterocycles. The number of aliphatic hydroxyl groups excluding tert-OH is 1. The van der Waals surface area contributed by atoms with Crippen LogP contribution < -0.4 is 5.32 Å². The molecule has 0 heterocycles. The summed E-state index contributed by atoms with van der Waals surface area (Å²) in [5.41, 5.74) is 0. The fourth-order valence-corrected chi connectivity index (χ4v) is 9.31. The van der Waals surface area contributed by atoms with Crippen molar-refractivity contribution in [2.75, 3.05) is 40.9 Å². The Labute approximate surface area is 493 Å². The predicted octanol–water partition coefficient (Wildman–Crippen LogP) is 20.4. The van der Waals surface area contributed by atoms with E-state index in [1.807, 2.05) is 27.2 Å². The zero-order valence-corrected chi connectivity index (χ0v) is 52.9. The maximum absolute atomic E-state index is 13.0. The first-order valence-electron chi connectivity index (χ1n) is 32.2. The molecule has 0 radical (unpaired) electrons. The van der Waals surface area contributed by atoms with Gasteiger partial charge in [0.05, 0.1) is 39.9 Å². The molecule has 9 heteroatoms. The number of rotatable bonds is 57. The van der Waals surface area contributed by atoms with Gasteiger partial charge in [0.2, 0.25) is 5.91 Å². The number of hydrogen-bond donors (Lipinski definition) is 3. The molecule has 0 aromatic rings. The van der Waals surface area contributed by atoms with Crippen LogP contribution in [0.1, 0.15) is 245 Å². The smallest absolute Gasteiger partial charge is 0.387 e. The second kappa shape index (κ2) is 60.0. The number of carbonyl (C=O) groups is 1. The van der Waals surface area contributed by atoms with Crippen molar-refractivity contribution in [3.63, 3.8) is 0 Å². The van der Waals surface area contributed by atoms with E-state index in [0.29, 0.717) is 17.4 Å². The number of unbranched alkanes of at least 4 members (excludes halogenated alkanes) is 22. The molecular formula is C71H122N2O6P+. The number of nitrogens with one attached hydrogen (secondary N) is 1. The highest BCUT2D eigenvalue weighted by molar-refractivity contribution is 7.47. The fraction of sp³-hybridized carbons (Fsp3) is 0.648. The Bertz CT molecular complexity index is 1810. The van der Waals surface area contributed by atoms with E-state index in [9.17, 15) is 19.4 Å². The predicted molar refractivity (Wildman–Crippen MR) is 350 cm³/mol. The van der Waals surface area contributed by atoms with Crippen LogP contribution in [0.3, 0.4) is 0 Å². The maximum Gasteiger partial charge on any atom is 0.472 e. The summed E-state index contributed by atoms with van der Waals surface area (Å²) in [6, 6.07) is -0.863. The van der Waals surface area contributed by atoms with Crippen molar-refractivity contribution < 1.29 is 32.9 Å². The third-order valence-electron chi connectivity index (χ3n) is 13.6. The van der Waals surface area contributed by atoms with Crippen molar-refractivity contribution >= 4 is 13.7 Å². The molecule has 0 aromatic heterocycles. The van der Waals surface area contributed by atoms with Crippen molar-refractivity contribution in [2.45, 2.75) is 257 Å². The van der Waals surface area contributed by atoms with Crippen LogP contribution >= 0.6 is 7.82 Å². The minimum absolute atomic E-state index is 0.0524. The van der Waals surface area contributed by atoms with Gasteiger partial charge in [0.15, 0.2) is 0 Å². The molecule has 3 unspecified atom stereocenters. The van der Waals surface area contributed by atoms with Gasteiger partial charge in [0.1, 0.15) is 13.2 Å². The quantitative estimate of drug-likeness (QED) is 0.0243. The minimum atomic E-state index is -4.36. The molecule has 80 heavy (non-hydrogen) atoms. The van der Waals surface area contributed by atoms with Gasteiger partial charge in [0.25, 0.3) is 0 Å². The Morgan fingerprint density at radius 3 is 1.10 bits per heavy atom. The molecule has 1 amide bonds. The molecular weight excluding hydrogens is 1010 g/mol. The number of nitrogens with zero attached hydrogens (tertiary/aromatic N) is 1. The van der Waals surface area contributed by atoms with Crippen LogP contribution in [0.15, 0.2) is 146 Å². The molecule has 3 N–H and O–H groups in total. The normalized spacial score (nSPS) is 14.7. The summed E-state index contributed by atoms with van der Waals surface area (Å²) in [4.78, 5) is 23.3. The minimum Gasteiger partial charge on any atom is -0.387 e. The Balaban J connectivity index is 4.16. The zero-order chi connectivity index (χ0) is 58.4. The van der Waals surface area contributed by atoms with E-state index < -0.39 is 20.0 Å². The highest BCUT2D eigenvalue weighted by Gasteiger charge is 2.27. The van der Waals surface area contributed by atoms with Crippen LogP contribution in [-0.4, -0.2) is 73.4 Å². The lowest BCUT2D eigenvalue weighted by Gasteiger charge is -2.25. The van der Waals surface area contributed by atoms with Crippen LogP contribution in [-0.2, 0) is 18.4 Å². The molecule has 0 bridgehead atoms. The van der Waals surface area contributed by atoms with E-state index in [1.54, 1.807) is 6.08 Å². The van der Waals surface area contributed by atoms with E-state index in [4.69, 9.17) is 9.05 Å². The lowest BCUT2D eigenvalue weighted by atomic mass is 10.0. The van der Waals surface area contributed by atoms with Gasteiger partial charge in [-0.05, 0) is 103 Å². The summed E-state index contributed by atoms with van der Waals surface area (Å²) in [7, 11) is 1.55. The maximum atomic E-state index is 13.0. The molecule has 0 saturated heterocycles. The number of likely N-dealkylation sites (N-methyl/N-ethyl adjacent to an activating group) is 1. The summed E-state index contributed by atoms with van der Waals surface area (Å²) in [6.07, 6.45) is 92.5. The summed E-state index contributed by atoms with van der Waals surface area (Å²) >= 11 is 0. The number of aliphatic hydroxyl groups is 1. The topological polar surface area (TPSA) is 105 Å². The highest BCUT2D eigenvalue weighted by atomic mass is 31.2. The van der Waals surface area contributed by atoms with E-state index in [2.05, 4.69) is 153 Å². The van der Waals surface area contributed by atoms with Gasteiger partial charge < -0.3 is 19.8 Å². The summed E-state index contributed by atoms with van der Waals surface area (Å²) < 4.78 is 23.7. The van der Waals surface area contributed by atoms with Gasteiger partial charge in [-0.25, -0.2) is 4.57 Å². The second-order valence-electron chi connectivity index (χ2n) is 22.4. The van der Waals surface area contributed by atoms with Crippen molar-refractivity contribution in [3.05, 3.63) is 146 Å². The van der Waals surface area contributed by atoms with Crippen molar-refractivity contribution in [2.24, 2.45) is 0 Å². The first-order chi connectivity index (χ1) is 39.0. The second-order valence-corrected chi connectivity index (χ2v) is 23.9. The summed E-state index contributed by atoms with van der Waals surface area (Å²) in [5, 5.41) is 13.9. The molecule has 0 aliphatic carbocycles. The average molecular weight is 1130 g/mol. The van der Waals surface area contributed by atoms with Crippen LogP contribution in [0.4, 0.5) is 0 Å². The van der Waals surface area contributed by atoms with E-state index in [-0.39, 0.29) is 19.1 Å².